The predicted molar refractivity (Wildman–Crippen MR) is 49.4 cm³/mol. The predicted octanol–water partition coefficient (Wildman–Crippen LogP) is 2.58. The van der Waals surface area contributed by atoms with Gasteiger partial charge in [-0.2, -0.15) is 0 Å². The number of benzene rings is 1. The van der Waals surface area contributed by atoms with Crippen molar-refractivity contribution < 1.29 is 13.6 Å². The number of hydrogen-bond donors (Lipinski definition) is 0. The number of hydrogen-bond acceptors (Lipinski definition) is 1. The Morgan fingerprint density at radius 3 is 2.75 bits per heavy atom. The number of ketones is 1. The molecule has 0 radical (unpaired) electrons. The first kappa shape index (κ1) is 9.57. The largest absolute Gasteiger partial charge is 0.291 e. The van der Waals surface area contributed by atoms with E-state index < -0.39 is 18.3 Å². The van der Waals surface area contributed by atoms with E-state index in [0.717, 1.165) is 6.07 Å². The van der Waals surface area contributed by atoms with Crippen LogP contribution in [0, 0.1) is 9.39 Å². The molecule has 0 aromatic heterocycles. The number of Topliss-reactive ketones (excluding diaryl/α,β-unsaturated/α-hetero) is 1. The summed E-state index contributed by atoms with van der Waals surface area (Å²) in [6.07, 6.45) is 0. The fraction of sp³-hybridized carbons (Fsp3) is 0.125. The van der Waals surface area contributed by atoms with Crippen molar-refractivity contribution >= 4 is 28.4 Å². The van der Waals surface area contributed by atoms with Gasteiger partial charge in [0.15, 0.2) is 12.5 Å². The van der Waals surface area contributed by atoms with Gasteiger partial charge in [0.2, 0.25) is 0 Å². The van der Waals surface area contributed by atoms with Crippen LogP contribution in [0.15, 0.2) is 18.2 Å². The number of alkyl halides is 1. The van der Waals surface area contributed by atoms with Crippen molar-refractivity contribution in [2.24, 2.45) is 0 Å². The summed E-state index contributed by atoms with van der Waals surface area (Å²) in [4.78, 5) is 10.8. The highest BCUT2D eigenvalue weighted by Gasteiger charge is 2.10. The quantitative estimate of drug-likeness (QED) is 0.602. The SMILES string of the molecule is O=C(CF)c1cc(I)ccc1F. The average molecular weight is 282 g/mol. The normalized spacial score (nSPS) is 9.92. The lowest BCUT2D eigenvalue weighted by molar-refractivity contribution is 0.0954. The van der Waals surface area contributed by atoms with Gasteiger partial charge in [-0.25, -0.2) is 8.78 Å². The Labute approximate surface area is 81.9 Å². The van der Waals surface area contributed by atoms with Gasteiger partial charge < -0.3 is 0 Å². The molecule has 1 nitrogen and oxygen atoms in total. The molecule has 4 heteroatoms. The molecular weight excluding hydrogens is 277 g/mol. The third kappa shape index (κ3) is 2.00. The zero-order chi connectivity index (χ0) is 9.14. The van der Waals surface area contributed by atoms with Gasteiger partial charge in [-0.05, 0) is 40.8 Å². The molecule has 0 saturated carbocycles. The van der Waals surface area contributed by atoms with Crippen LogP contribution in [0.1, 0.15) is 10.4 Å². The number of halogens is 3. The van der Waals surface area contributed by atoms with Crippen molar-refractivity contribution in [2.75, 3.05) is 6.67 Å². The van der Waals surface area contributed by atoms with Crippen LogP contribution in [-0.2, 0) is 0 Å². The van der Waals surface area contributed by atoms with Crippen molar-refractivity contribution in [2.45, 2.75) is 0 Å². The summed E-state index contributed by atoms with van der Waals surface area (Å²) >= 11 is 1.93. The summed E-state index contributed by atoms with van der Waals surface area (Å²) in [5.74, 6) is -1.48. The van der Waals surface area contributed by atoms with Crippen molar-refractivity contribution in [3.8, 4) is 0 Å². The fourth-order valence-corrected chi connectivity index (χ4v) is 1.27. The topological polar surface area (TPSA) is 17.1 Å². The summed E-state index contributed by atoms with van der Waals surface area (Å²) in [6.45, 7) is -1.16. The number of rotatable bonds is 2. The van der Waals surface area contributed by atoms with Gasteiger partial charge in [-0.15, -0.1) is 0 Å². The van der Waals surface area contributed by atoms with E-state index in [0.29, 0.717) is 3.57 Å². The van der Waals surface area contributed by atoms with Crippen LogP contribution < -0.4 is 0 Å². The lowest BCUT2D eigenvalue weighted by atomic mass is 10.1. The zero-order valence-corrected chi connectivity index (χ0v) is 8.14. The average Bonchev–Trinajstić information content (AvgIpc) is 2.08. The molecule has 0 aliphatic carbocycles. The van der Waals surface area contributed by atoms with Gasteiger partial charge in [-0.3, -0.25) is 4.79 Å². The highest BCUT2D eigenvalue weighted by molar-refractivity contribution is 14.1. The van der Waals surface area contributed by atoms with Crippen LogP contribution in [0.4, 0.5) is 8.78 Å². The van der Waals surface area contributed by atoms with Crippen molar-refractivity contribution in [3.05, 3.63) is 33.1 Å². The molecule has 0 aliphatic heterocycles. The molecule has 0 heterocycles. The lowest BCUT2D eigenvalue weighted by Crippen LogP contribution is -2.04. The molecule has 0 amide bonds. The lowest BCUT2D eigenvalue weighted by Gasteiger charge is -1.98. The Morgan fingerprint density at radius 2 is 2.17 bits per heavy atom. The Bertz CT molecular complexity index is 312. The maximum absolute atomic E-state index is 12.8. The van der Waals surface area contributed by atoms with E-state index in [1.54, 1.807) is 0 Å². The van der Waals surface area contributed by atoms with Crippen LogP contribution in [0.25, 0.3) is 0 Å². The third-order valence-electron chi connectivity index (χ3n) is 1.35. The molecule has 0 saturated heterocycles. The Morgan fingerprint density at radius 1 is 1.50 bits per heavy atom. The monoisotopic (exact) mass is 282 g/mol. The minimum absolute atomic E-state index is 0.176. The first-order valence-electron chi connectivity index (χ1n) is 3.19. The van der Waals surface area contributed by atoms with E-state index in [1.165, 1.54) is 12.1 Å². The summed E-state index contributed by atoms with van der Waals surface area (Å²) in [5, 5.41) is 0. The molecule has 0 spiro atoms. The van der Waals surface area contributed by atoms with Gasteiger partial charge in [-0.1, -0.05) is 0 Å². The molecular formula is C8H5F2IO. The van der Waals surface area contributed by atoms with Gasteiger partial charge >= 0.3 is 0 Å². The Balaban J connectivity index is 3.13. The van der Waals surface area contributed by atoms with E-state index in [2.05, 4.69) is 0 Å². The van der Waals surface area contributed by atoms with E-state index in [-0.39, 0.29) is 5.56 Å². The maximum atomic E-state index is 12.8. The van der Waals surface area contributed by atoms with E-state index in [4.69, 9.17) is 0 Å². The molecule has 1 rings (SSSR count). The molecule has 0 atom stereocenters. The smallest absolute Gasteiger partial charge is 0.196 e. The van der Waals surface area contributed by atoms with Crippen LogP contribution in [0.5, 0.6) is 0 Å². The first-order valence-corrected chi connectivity index (χ1v) is 4.27. The van der Waals surface area contributed by atoms with Gasteiger partial charge in [0.05, 0.1) is 5.56 Å². The zero-order valence-electron chi connectivity index (χ0n) is 5.98. The first-order chi connectivity index (χ1) is 5.65. The molecule has 0 unspecified atom stereocenters. The summed E-state index contributed by atoms with van der Waals surface area (Å²) in [6, 6.07) is 4.01. The molecule has 1 aromatic carbocycles. The van der Waals surface area contributed by atoms with Crippen molar-refractivity contribution in [1.29, 1.82) is 0 Å². The summed E-state index contributed by atoms with van der Waals surface area (Å²) < 4.78 is 25.4. The Kier molecular flexibility index (Phi) is 3.13. The van der Waals surface area contributed by atoms with Crippen LogP contribution in [0.3, 0.4) is 0 Å². The van der Waals surface area contributed by atoms with Crippen molar-refractivity contribution in [1.82, 2.24) is 0 Å². The minimum atomic E-state index is -1.16. The highest BCUT2D eigenvalue weighted by atomic mass is 127. The van der Waals surface area contributed by atoms with Crippen LogP contribution in [-0.4, -0.2) is 12.5 Å². The maximum Gasteiger partial charge on any atom is 0.196 e. The van der Waals surface area contributed by atoms with Crippen molar-refractivity contribution in [3.63, 3.8) is 0 Å². The number of carbonyl (C=O) groups is 1. The van der Waals surface area contributed by atoms with Gasteiger partial charge in [0, 0.05) is 3.57 Å². The minimum Gasteiger partial charge on any atom is -0.291 e. The molecule has 64 valence electrons. The van der Waals surface area contributed by atoms with Crippen LogP contribution >= 0.6 is 22.6 Å². The second-order valence-electron chi connectivity index (χ2n) is 2.18. The van der Waals surface area contributed by atoms with Gasteiger partial charge in [0.25, 0.3) is 0 Å². The molecule has 0 bridgehead atoms. The Hall–Kier alpha value is -0.520. The van der Waals surface area contributed by atoms with Crippen LogP contribution in [0.2, 0.25) is 0 Å². The summed E-state index contributed by atoms with van der Waals surface area (Å²) in [5.41, 5.74) is -0.176. The highest BCUT2D eigenvalue weighted by Crippen LogP contribution is 2.13. The molecule has 12 heavy (non-hydrogen) atoms. The summed E-state index contributed by atoms with van der Waals surface area (Å²) in [7, 11) is 0. The fourth-order valence-electron chi connectivity index (χ4n) is 0.783. The molecule has 0 fully saturated rings. The van der Waals surface area contributed by atoms with E-state index in [9.17, 15) is 13.6 Å². The third-order valence-corrected chi connectivity index (χ3v) is 2.02. The molecule has 0 aliphatic rings. The standard InChI is InChI=1S/C8H5F2IO/c9-4-8(12)6-3-5(11)1-2-7(6)10/h1-3H,4H2. The molecule has 0 N–H and O–H groups in total. The second-order valence-corrected chi connectivity index (χ2v) is 3.43. The van der Waals surface area contributed by atoms with E-state index in [1.807, 2.05) is 22.6 Å². The second kappa shape index (κ2) is 3.93. The number of carbonyl (C=O) groups excluding carboxylic acids is 1. The van der Waals surface area contributed by atoms with Gasteiger partial charge in [0.1, 0.15) is 5.82 Å². The molecule has 1 aromatic rings. The van der Waals surface area contributed by atoms with E-state index >= 15 is 0 Å².